The molecule has 0 aliphatic carbocycles. The fraction of sp³-hybridized carbons (Fsp3) is 0.438. The molecule has 0 radical (unpaired) electrons. The van der Waals surface area contributed by atoms with Gasteiger partial charge in [-0.15, -0.1) is 0 Å². The predicted molar refractivity (Wildman–Crippen MR) is 82.1 cm³/mol. The average molecular weight is 306 g/mol. The lowest BCUT2D eigenvalue weighted by atomic mass is 9.85. The summed E-state index contributed by atoms with van der Waals surface area (Å²) in [6.07, 6.45) is 0. The number of benzene rings is 1. The summed E-state index contributed by atoms with van der Waals surface area (Å²) in [4.78, 5) is 34.9. The first-order chi connectivity index (χ1) is 10.4. The third kappa shape index (κ3) is 5.20. The maximum atomic E-state index is 12.1. The van der Waals surface area contributed by atoms with E-state index in [2.05, 4.69) is 10.6 Å². The molecule has 1 aromatic rings. The summed E-state index contributed by atoms with van der Waals surface area (Å²) in [5.41, 5.74) is -0.0380. The Hall–Kier alpha value is -2.37. The van der Waals surface area contributed by atoms with Crippen molar-refractivity contribution in [3.63, 3.8) is 0 Å². The van der Waals surface area contributed by atoms with Gasteiger partial charge in [-0.3, -0.25) is 14.4 Å². The monoisotopic (exact) mass is 306 g/mol. The predicted octanol–water partition coefficient (Wildman–Crippen LogP) is 0.760. The molecular formula is C16H22N2O4. The molecule has 6 heteroatoms. The van der Waals surface area contributed by atoms with Gasteiger partial charge in [0.1, 0.15) is 0 Å². The summed E-state index contributed by atoms with van der Waals surface area (Å²) in [5, 5.41) is 4.94. The molecule has 2 N–H and O–H groups in total. The summed E-state index contributed by atoms with van der Waals surface area (Å²) in [6, 6.07) is 9.19. The number of esters is 1. The van der Waals surface area contributed by atoms with Crippen LogP contribution in [0.25, 0.3) is 0 Å². The largest absolute Gasteiger partial charge is 0.455 e. The molecule has 0 spiro atoms. The van der Waals surface area contributed by atoms with Gasteiger partial charge in [-0.25, -0.2) is 0 Å². The van der Waals surface area contributed by atoms with Gasteiger partial charge in [-0.1, -0.05) is 30.3 Å². The number of carbonyl (C=O) groups is 3. The highest BCUT2D eigenvalue weighted by molar-refractivity contribution is 5.88. The van der Waals surface area contributed by atoms with E-state index >= 15 is 0 Å². The zero-order chi connectivity index (χ0) is 16.6. The van der Waals surface area contributed by atoms with E-state index in [4.69, 9.17) is 4.74 Å². The van der Waals surface area contributed by atoms with Gasteiger partial charge in [0.25, 0.3) is 5.91 Å². The van der Waals surface area contributed by atoms with Crippen molar-refractivity contribution < 1.29 is 19.1 Å². The molecule has 0 aliphatic rings. The third-order valence-corrected chi connectivity index (χ3v) is 3.16. The van der Waals surface area contributed by atoms with Gasteiger partial charge in [0.05, 0.1) is 12.0 Å². The number of ether oxygens (including phenoxy) is 1. The van der Waals surface area contributed by atoms with Crippen LogP contribution in [0.3, 0.4) is 0 Å². The summed E-state index contributed by atoms with van der Waals surface area (Å²) in [6.45, 7) is 5.21. The molecular weight excluding hydrogens is 284 g/mol. The van der Waals surface area contributed by atoms with E-state index in [1.807, 2.05) is 30.3 Å². The quantitative estimate of drug-likeness (QED) is 0.728. The van der Waals surface area contributed by atoms with Crippen molar-refractivity contribution in [3.05, 3.63) is 35.9 Å². The number of hydrogen-bond acceptors (Lipinski definition) is 4. The molecule has 2 amide bonds. The number of amides is 2. The van der Waals surface area contributed by atoms with Crippen molar-refractivity contribution >= 4 is 17.8 Å². The molecule has 0 aromatic heterocycles. The van der Waals surface area contributed by atoms with E-state index in [-0.39, 0.29) is 12.5 Å². The Kier molecular flexibility index (Phi) is 6.56. The maximum Gasteiger partial charge on any atom is 0.316 e. The Morgan fingerprint density at radius 2 is 1.68 bits per heavy atom. The standard InChI is InChI=1S/C16H22N2O4/c1-4-17-13(19)10-18-14(20)11-22-15(21)16(2,3)12-8-6-5-7-9-12/h5-9H,4,10-11H2,1-3H3,(H,17,19)(H,18,20). The van der Waals surface area contributed by atoms with Gasteiger partial charge in [0.15, 0.2) is 6.61 Å². The first-order valence-electron chi connectivity index (χ1n) is 7.14. The number of rotatable bonds is 7. The van der Waals surface area contributed by atoms with Crippen LogP contribution in [0.2, 0.25) is 0 Å². The number of likely N-dealkylation sites (N-methyl/N-ethyl adjacent to an activating group) is 1. The SMILES string of the molecule is CCNC(=O)CNC(=O)COC(=O)C(C)(C)c1ccccc1. The minimum atomic E-state index is -0.846. The van der Waals surface area contributed by atoms with E-state index in [0.717, 1.165) is 5.56 Å². The molecule has 0 saturated carbocycles. The van der Waals surface area contributed by atoms with Crippen LogP contribution in [0.15, 0.2) is 30.3 Å². The molecule has 6 nitrogen and oxygen atoms in total. The van der Waals surface area contributed by atoms with Crippen LogP contribution in [0.5, 0.6) is 0 Å². The molecule has 0 atom stereocenters. The van der Waals surface area contributed by atoms with Crippen molar-refractivity contribution in [1.82, 2.24) is 10.6 Å². The average Bonchev–Trinajstić information content (AvgIpc) is 2.51. The van der Waals surface area contributed by atoms with Gasteiger partial charge in [-0.2, -0.15) is 0 Å². The van der Waals surface area contributed by atoms with Crippen LogP contribution in [0.4, 0.5) is 0 Å². The van der Waals surface area contributed by atoms with E-state index < -0.39 is 23.9 Å². The van der Waals surface area contributed by atoms with Gasteiger partial charge < -0.3 is 15.4 Å². The van der Waals surface area contributed by atoms with E-state index in [9.17, 15) is 14.4 Å². The van der Waals surface area contributed by atoms with Crippen molar-refractivity contribution in [1.29, 1.82) is 0 Å². The first-order valence-corrected chi connectivity index (χ1v) is 7.14. The smallest absolute Gasteiger partial charge is 0.316 e. The highest BCUT2D eigenvalue weighted by atomic mass is 16.5. The second kappa shape index (κ2) is 8.17. The van der Waals surface area contributed by atoms with Crippen LogP contribution in [0.1, 0.15) is 26.3 Å². The Balaban J connectivity index is 2.45. The van der Waals surface area contributed by atoms with Crippen molar-refractivity contribution in [2.45, 2.75) is 26.2 Å². The first kappa shape index (κ1) is 17.7. The summed E-state index contributed by atoms with van der Waals surface area (Å²) >= 11 is 0. The molecule has 0 unspecified atom stereocenters. The highest BCUT2D eigenvalue weighted by Crippen LogP contribution is 2.24. The van der Waals surface area contributed by atoms with Gasteiger partial charge in [0.2, 0.25) is 5.91 Å². The number of hydrogen-bond donors (Lipinski definition) is 2. The fourth-order valence-corrected chi connectivity index (χ4v) is 1.77. The topological polar surface area (TPSA) is 84.5 Å². The Bertz CT molecular complexity index is 526. The zero-order valence-electron chi connectivity index (χ0n) is 13.1. The Labute approximate surface area is 130 Å². The van der Waals surface area contributed by atoms with E-state index in [0.29, 0.717) is 6.54 Å². The fourth-order valence-electron chi connectivity index (χ4n) is 1.77. The van der Waals surface area contributed by atoms with Crippen LogP contribution in [-0.4, -0.2) is 37.5 Å². The summed E-state index contributed by atoms with van der Waals surface area (Å²) in [7, 11) is 0. The number of nitrogens with one attached hydrogen (secondary N) is 2. The summed E-state index contributed by atoms with van der Waals surface area (Å²) < 4.78 is 5.03. The normalized spacial score (nSPS) is 10.7. The van der Waals surface area contributed by atoms with Crippen molar-refractivity contribution in [2.75, 3.05) is 19.7 Å². The Morgan fingerprint density at radius 1 is 1.05 bits per heavy atom. The minimum absolute atomic E-state index is 0.133. The molecule has 120 valence electrons. The number of carbonyl (C=O) groups excluding carboxylic acids is 3. The van der Waals surface area contributed by atoms with Gasteiger partial charge in [0, 0.05) is 6.54 Å². The molecule has 1 aromatic carbocycles. The zero-order valence-corrected chi connectivity index (χ0v) is 13.1. The van der Waals surface area contributed by atoms with Crippen LogP contribution >= 0.6 is 0 Å². The molecule has 0 heterocycles. The lowest BCUT2D eigenvalue weighted by Crippen LogP contribution is -2.40. The highest BCUT2D eigenvalue weighted by Gasteiger charge is 2.31. The van der Waals surface area contributed by atoms with Crippen LogP contribution < -0.4 is 10.6 Å². The molecule has 0 bridgehead atoms. The Morgan fingerprint density at radius 3 is 2.27 bits per heavy atom. The second-order valence-electron chi connectivity index (χ2n) is 5.30. The van der Waals surface area contributed by atoms with Gasteiger partial charge >= 0.3 is 5.97 Å². The molecule has 1 rings (SSSR count). The second-order valence-corrected chi connectivity index (χ2v) is 5.30. The molecule has 0 fully saturated rings. The van der Waals surface area contributed by atoms with Gasteiger partial charge in [-0.05, 0) is 26.3 Å². The van der Waals surface area contributed by atoms with Crippen molar-refractivity contribution in [3.8, 4) is 0 Å². The lowest BCUT2D eigenvalue weighted by Gasteiger charge is -2.22. The van der Waals surface area contributed by atoms with Crippen molar-refractivity contribution in [2.24, 2.45) is 0 Å². The van der Waals surface area contributed by atoms with E-state index in [1.54, 1.807) is 20.8 Å². The molecule has 22 heavy (non-hydrogen) atoms. The lowest BCUT2D eigenvalue weighted by molar-refractivity contribution is -0.153. The molecule has 0 saturated heterocycles. The van der Waals surface area contributed by atoms with E-state index in [1.165, 1.54) is 0 Å². The molecule has 0 aliphatic heterocycles. The minimum Gasteiger partial charge on any atom is -0.455 e. The maximum absolute atomic E-state index is 12.1. The summed E-state index contributed by atoms with van der Waals surface area (Å²) in [5.74, 6) is -1.29. The van der Waals surface area contributed by atoms with Crippen LogP contribution in [-0.2, 0) is 24.5 Å². The van der Waals surface area contributed by atoms with Crippen LogP contribution in [0, 0.1) is 0 Å². The third-order valence-electron chi connectivity index (χ3n) is 3.16.